The molecule has 0 aromatic heterocycles. The predicted octanol–water partition coefficient (Wildman–Crippen LogP) is 1.93. The van der Waals surface area contributed by atoms with E-state index < -0.39 is 0 Å². The first kappa shape index (κ1) is 15.5. The van der Waals surface area contributed by atoms with Gasteiger partial charge in [-0.3, -0.25) is 9.80 Å². The van der Waals surface area contributed by atoms with Crippen molar-refractivity contribution in [3.05, 3.63) is 35.9 Å². The Kier molecular flexibility index (Phi) is 5.19. The third kappa shape index (κ3) is 3.40. The van der Waals surface area contributed by atoms with Crippen molar-refractivity contribution in [2.24, 2.45) is 5.73 Å². The van der Waals surface area contributed by atoms with Crippen molar-refractivity contribution in [3.63, 3.8) is 0 Å². The Morgan fingerprint density at radius 2 is 1.95 bits per heavy atom. The van der Waals surface area contributed by atoms with Gasteiger partial charge in [-0.15, -0.1) is 0 Å². The summed E-state index contributed by atoms with van der Waals surface area (Å²) < 4.78 is 0. The van der Waals surface area contributed by atoms with Crippen LogP contribution in [0.4, 0.5) is 0 Å². The van der Waals surface area contributed by atoms with Crippen molar-refractivity contribution in [3.8, 4) is 0 Å². The van der Waals surface area contributed by atoms with Gasteiger partial charge in [0, 0.05) is 44.2 Å². The van der Waals surface area contributed by atoms with E-state index in [9.17, 15) is 0 Å². The molecule has 2 rings (SSSR count). The largest absolute Gasteiger partial charge is 0.330 e. The van der Waals surface area contributed by atoms with Gasteiger partial charge in [0.2, 0.25) is 0 Å². The summed E-state index contributed by atoms with van der Waals surface area (Å²) in [4.78, 5) is 5.13. The third-order valence-electron chi connectivity index (χ3n) is 4.75. The van der Waals surface area contributed by atoms with Crippen LogP contribution in [0.2, 0.25) is 0 Å². The molecule has 1 saturated heterocycles. The maximum Gasteiger partial charge on any atom is 0.0195 e. The summed E-state index contributed by atoms with van der Waals surface area (Å²) in [6.45, 7) is 13.2. The Morgan fingerprint density at radius 3 is 2.50 bits per heavy atom. The van der Waals surface area contributed by atoms with Crippen LogP contribution in [-0.4, -0.2) is 55.1 Å². The second kappa shape index (κ2) is 6.70. The molecule has 0 aliphatic carbocycles. The van der Waals surface area contributed by atoms with Crippen LogP contribution in [0.5, 0.6) is 0 Å². The van der Waals surface area contributed by atoms with E-state index in [1.54, 1.807) is 0 Å². The molecule has 3 nitrogen and oxygen atoms in total. The number of nitrogens with zero attached hydrogens (tertiary/aromatic N) is 2. The van der Waals surface area contributed by atoms with Gasteiger partial charge in [-0.25, -0.2) is 0 Å². The van der Waals surface area contributed by atoms with Crippen LogP contribution >= 0.6 is 0 Å². The van der Waals surface area contributed by atoms with Crippen molar-refractivity contribution >= 4 is 0 Å². The SMILES string of the molecule is CCN1CCN(CC(C)(CN)c2ccccc2)CC1C. The molecule has 2 N–H and O–H groups in total. The summed E-state index contributed by atoms with van der Waals surface area (Å²) >= 11 is 0. The van der Waals surface area contributed by atoms with Crippen molar-refractivity contribution < 1.29 is 0 Å². The summed E-state index contributed by atoms with van der Waals surface area (Å²) in [5, 5.41) is 0. The Labute approximate surface area is 123 Å². The molecule has 2 atom stereocenters. The standard InChI is InChI=1S/C17H29N3/c1-4-20-11-10-19(12-15(20)2)14-17(3,13-18)16-8-6-5-7-9-16/h5-9,15H,4,10-14,18H2,1-3H3. The zero-order valence-corrected chi connectivity index (χ0v) is 13.2. The molecule has 0 amide bonds. The molecular formula is C17H29N3. The molecule has 3 heteroatoms. The molecular weight excluding hydrogens is 246 g/mol. The molecule has 0 bridgehead atoms. The molecule has 0 radical (unpaired) electrons. The van der Waals surface area contributed by atoms with E-state index in [0.717, 1.165) is 26.2 Å². The van der Waals surface area contributed by atoms with Crippen LogP contribution in [0.1, 0.15) is 26.3 Å². The summed E-state index contributed by atoms with van der Waals surface area (Å²) in [6.07, 6.45) is 0. The van der Waals surface area contributed by atoms with Gasteiger partial charge < -0.3 is 5.73 Å². The smallest absolute Gasteiger partial charge is 0.0195 e. The van der Waals surface area contributed by atoms with Gasteiger partial charge in [0.1, 0.15) is 0 Å². The highest BCUT2D eigenvalue weighted by Gasteiger charge is 2.31. The van der Waals surface area contributed by atoms with Crippen molar-refractivity contribution in [2.45, 2.75) is 32.2 Å². The van der Waals surface area contributed by atoms with E-state index in [-0.39, 0.29) is 5.41 Å². The van der Waals surface area contributed by atoms with Gasteiger partial charge in [-0.2, -0.15) is 0 Å². The molecule has 1 fully saturated rings. The average molecular weight is 275 g/mol. The Hall–Kier alpha value is -0.900. The molecule has 112 valence electrons. The van der Waals surface area contributed by atoms with Crippen molar-refractivity contribution in [2.75, 3.05) is 39.3 Å². The fourth-order valence-corrected chi connectivity index (χ4v) is 3.29. The monoisotopic (exact) mass is 275 g/mol. The topological polar surface area (TPSA) is 32.5 Å². The number of hydrogen-bond acceptors (Lipinski definition) is 3. The average Bonchev–Trinajstić information content (AvgIpc) is 2.48. The first-order valence-electron chi connectivity index (χ1n) is 7.81. The van der Waals surface area contributed by atoms with Gasteiger partial charge in [0.15, 0.2) is 0 Å². The zero-order chi connectivity index (χ0) is 14.6. The van der Waals surface area contributed by atoms with Gasteiger partial charge in [0.05, 0.1) is 0 Å². The van der Waals surface area contributed by atoms with Gasteiger partial charge >= 0.3 is 0 Å². The predicted molar refractivity (Wildman–Crippen MR) is 86.0 cm³/mol. The summed E-state index contributed by atoms with van der Waals surface area (Å²) in [5.74, 6) is 0. The molecule has 1 aromatic rings. The van der Waals surface area contributed by atoms with Gasteiger partial charge in [-0.05, 0) is 19.0 Å². The fraction of sp³-hybridized carbons (Fsp3) is 0.647. The maximum absolute atomic E-state index is 6.11. The summed E-state index contributed by atoms with van der Waals surface area (Å²) in [6, 6.07) is 11.4. The van der Waals surface area contributed by atoms with Crippen LogP contribution in [-0.2, 0) is 5.41 Å². The van der Waals surface area contributed by atoms with Crippen LogP contribution < -0.4 is 5.73 Å². The van der Waals surface area contributed by atoms with Crippen LogP contribution in [0.25, 0.3) is 0 Å². The molecule has 1 heterocycles. The second-order valence-corrected chi connectivity index (χ2v) is 6.34. The highest BCUT2D eigenvalue weighted by molar-refractivity contribution is 5.25. The van der Waals surface area contributed by atoms with Crippen LogP contribution in [0.15, 0.2) is 30.3 Å². The van der Waals surface area contributed by atoms with E-state index >= 15 is 0 Å². The molecule has 20 heavy (non-hydrogen) atoms. The Morgan fingerprint density at radius 1 is 1.25 bits per heavy atom. The number of piperazine rings is 1. The highest BCUT2D eigenvalue weighted by atomic mass is 15.3. The molecule has 2 unspecified atom stereocenters. The molecule has 0 spiro atoms. The maximum atomic E-state index is 6.11. The second-order valence-electron chi connectivity index (χ2n) is 6.34. The minimum absolute atomic E-state index is 0.0510. The lowest BCUT2D eigenvalue weighted by molar-refractivity contribution is 0.0741. The van der Waals surface area contributed by atoms with Gasteiger partial charge in [0.25, 0.3) is 0 Å². The quantitative estimate of drug-likeness (QED) is 0.891. The van der Waals surface area contributed by atoms with Crippen molar-refractivity contribution in [1.82, 2.24) is 9.80 Å². The lowest BCUT2D eigenvalue weighted by atomic mass is 9.81. The lowest BCUT2D eigenvalue weighted by Gasteiger charge is -2.43. The minimum atomic E-state index is 0.0510. The zero-order valence-electron chi connectivity index (χ0n) is 13.2. The molecule has 1 aliphatic rings. The van der Waals surface area contributed by atoms with Gasteiger partial charge in [-0.1, -0.05) is 44.2 Å². The number of benzene rings is 1. The number of nitrogens with two attached hydrogens (primary N) is 1. The lowest BCUT2D eigenvalue weighted by Crippen LogP contribution is -2.55. The summed E-state index contributed by atoms with van der Waals surface area (Å²) in [5.41, 5.74) is 7.51. The van der Waals surface area contributed by atoms with E-state index in [1.807, 2.05) is 0 Å². The number of rotatable bonds is 5. The number of hydrogen-bond donors (Lipinski definition) is 1. The van der Waals surface area contributed by atoms with E-state index in [1.165, 1.54) is 12.1 Å². The molecule has 1 aliphatic heterocycles. The first-order chi connectivity index (χ1) is 9.59. The highest BCUT2D eigenvalue weighted by Crippen LogP contribution is 2.25. The Bertz CT molecular complexity index is 406. The molecule has 0 saturated carbocycles. The summed E-state index contributed by atoms with van der Waals surface area (Å²) in [7, 11) is 0. The van der Waals surface area contributed by atoms with Crippen LogP contribution in [0.3, 0.4) is 0 Å². The minimum Gasteiger partial charge on any atom is -0.330 e. The Balaban J connectivity index is 2.04. The third-order valence-corrected chi connectivity index (χ3v) is 4.75. The normalized spacial score (nSPS) is 24.5. The first-order valence-corrected chi connectivity index (χ1v) is 7.81. The van der Waals surface area contributed by atoms with E-state index in [2.05, 4.69) is 60.9 Å². The van der Waals surface area contributed by atoms with Crippen molar-refractivity contribution in [1.29, 1.82) is 0 Å². The molecule has 1 aromatic carbocycles. The van der Waals surface area contributed by atoms with E-state index in [4.69, 9.17) is 5.73 Å². The van der Waals surface area contributed by atoms with E-state index in [0.29, 0.717) is 12.6 Å². The fourth-order valence-electron chi connectivity index (χ4n) is 3.29. The number of likely N-dealkylation sites (N-methyl/N-ethyl adjacent to an activating group) is 1. The van der Waals surface area contributed by atoms with Crippen LogP contribution in [0, 0.1) is 0 Å².